The molecular weight excluding hydrogens is 264 g/mol. The lowest BCUT2D eigenvalue weighted by Gasteiger charge is -2.38. The molecule has 104 valence electrons. The zero-order valence-corrected chi connectivity index (χ0v) is 11.7. The number of benzene rings is 1. The van der Waals surface area contributed by atoms with Crippen molar-refractivity contribution in [2.75, 3.05) is 13.1 Å². The van der Waals surface area contributed by atoms with Gasteiger partial charge in [-0.15, -0.1) is 0 Å². The number of hydrogen-bond donors (Lipinski definition) is 2. The zero-order chi connectivity index (χ0) is 14.0. The van der Waals surface area contributed by atoms with Crippen LogP contribution >= 0.6 is 11.6 Å². The molecule has 2 atom stereocenters. The molecule has 0 radical (unpaired) electrons. The third-order valence-electron chi connectivity index (χ3n) is 3.70. The van der Waals surface area contributed by atoms with E-state index < -0.39 is 0 Å². The molecule has 1 heterocycles. The molecule has 2 unspecified atom stereocenters. The average Bonchev–Trinajstić information content (AvgIpc) is 2.40. The number of carbonyl (C=O) groups is 1. The Hall–Kier alpha value is -1.26. The van der Waals surface area contributed by atoms with Crippen molar-refractivity contribution in [3.63, 3.8) is 0 Å². The monoisotopic (exact) mass is 282 g/mol. The summed E-state index contributed by atoms with van der Waals surface area (Å²) in [5, 5.41) is 10.3. The highest BCUT2D eigenvalue weighted by atomic mass is 35.5. The van der Waals surface area contributed by atoms with E-state index in [1.54, 1.807) is 11.0 Å². The normalized spacial score (nSPS) is 23.4. The topological polar surface area (TPSA) is 66.6 Å². The standard InChI is InChI=1S/C14H19ClN2O2/c1-9-4-5-17(11(6-9)8-16)14(19)12-7-10(15)2-3-13(12)18/h2-3,7,9,11,18H,4-6,8,16H2,1H3. The fourth-order valence-electron chi connectivity index (χ4n) is 2.58. The number of rotatable bonds is 2. The van der Waals surface area contributed by atoms with Crippen molar-refractivity contribution in [3.05, 3.63) is 28.8 Å². The fraction of sp³-hybridized carbons (Fsp3) is 0.500. The molecule has 0 aliphatic carbocycles. The van der Waals surface area contributed by atoms with Gasteiger partial charge >= 0.3 is 0 Å². The molecule has 0 saturated carbocycles. The van der Waals surface area contributed by atoms with Gasteiger partial charge in [-0.3, -0.25) is 4.79 Å². The van der Waals surface area contributed by atoms with Crippen molar-refractivity contribution in [1.82, 2.24) is 4.90 Å². The van der Waals surface area contributed by atoms with E-state index in [0.717, 1.165) is 12.8 Å². The lowest BCUT2D eigenvalue weighted by molar-refractivity contribution is 0.0570. The number of phenols is 1. The maximum atomic E-state index is 12.5. The predicted molar refractivity (Wildman–Crippen MR) is 75.4 cm³/mol. The number of nitrogens with two attached hydrogens (primary N) is 1. The maximum absolute atomic E-state index is 12.5. The van der Waals surface area contributed by atoms with Crippen molar-refractivity contribution in [2.45, 2.75) is 25.8 Å². The van der Waals surface area contributed by atoms with E-state index in [1.807, 2.05) is 0 Å². The fourth-order valence-corrected chi connectivity index (χ4v) is 2.75. The van der Waals surface area contributed by atoms with Gasteiger partial charge in [0.2, 0.25) is 0 Å². The van der Waals surface area contributed by atoms with Crippen LogP contribution in [0.1, 0.15) is 30.1 Å². The van der Waals surface area contributed by atoms with Gasteiger partial charge in [0, 0.05) is 24.2 Å². The first-order valence-corrected chi connectivity index (χ1v) is 6.90. The van der Waals surface area contributed by atoms with Gasteiger partial charge in [-0.05, 0) is 37.0 Å². The van der Waals surface area contributed by atoms with E-state index in [1.165, 1.54) is 12.1 Å². The Morgan fingerprint density at radius 2 is 2.32 bits per heavy atom. The number of aromatic hydroxyl groups is 1. The minimum absolute atomic E-state index is 0.0367. The van der Waals surface area contributed by atoms with Gasteiger partial charge in [0.25, 0.3) is 5.91 Å². The summed E-state index contributed by atoms with van der Waals surface area (Å²) in [6.07, 6.45) is 1.87. The summed E-state index contributed by atoms with van der Waals surface area (Å²) < 4.78 is 0. The molecule has 1 fully saturated rings. The Morgan fingerprint density at radius 3 is 3.00 bits per heavy atom. The molecule has 1 aromatic rings. The summed E-state index contributed by atoms with van der Waals surface area (Å²) in [6, 6.07) is 4.55. The summed E-state index contributed by atoms with van der Waals surface area (Å²) >= 11 is 5.89. The number of amides is 1. The van der Waals surface area contributed by atoms with Crippen molar-refractivity contribution in [3.8, 4) is 5.75 Å². The highest BCUT2D eigenvalue weighted by molar-refractivity contribution is 6.31. The SMILES string of the molecule is CC1CCN(C(=O)c2cc(Cl)ccc2O)C(CN)C1. The van der Waals surface area contributed by atoms with Gasteiger partial charge in [-0.1, -0.05) is 18.5 Å². The molecule has 0 bridgehead atoms. The van der Waals surface area contributed by atoms with Crippen LogP contribution < -0.4 is 5.73 Å². The van der Waals surface area contributed by atoms with Crippen LogP contribution in [0, 0.1) is 5.92 Å². The van der Waals surface area contributed by atoms with Gasteiger partial charge in [0.05, 0.1) is 5.56 Å². The first kappa shape index (κ1) is 14.2. The molecule has 0 spiro atoms. The molecule has 5 heteroatoms. The quantitative estimate of drug-likeness (QED) is 0.874. The molecule has 2 rings (SSSR count). The summed E-state index contributed by atoms with van der Waals surface area (Å²) in [6.45, 7) is 3.28. The molecule has 3 N–H and O–H groups in total. The lowest BCUT2D eigenvalue weighted by atomic mass is 9.92. The van der Waals surface area contributed by atoms with Crippen molar-refractivity contribution >= 4 is 17.5 Å². The minimum Gasteiger partial charge on any atom is -0.507 e. The molecule has 0 aromatic heterocycles. The number of hydrogen-bond acceptors (Lipinski definition) is 3. The van der Waals surface area contributed by atoms with Gasteiger partial charge < -0.3 is 15.7 Å². The van der Waals surface area contributed by atoms with E-state index in [-0.39, 0.29) is 23.3 Å². The zero-order valence-electron chi connectivity index (χ0n) is 11.0. The number of likely N-dealkylation sites (tertiary alicyclic amines) is 1. The Balaban J connectivity index is 2.25. The van der Waals surface area contributed by atoms with Crippen LogP contribution in [0.15, 0.2) is 18.2 Å². The first-order valence-electron chi connectivity index (χ1n) is 6.52. The Morgan fingerprint density at radius 1 is 1.58 bits per heavy atom. The van der Waals surface area contributed by atoms with Crippen LogP contribution in [0.5, 0.6) is 5.75 Å². The van der Waals surface area contributed by atoms with E-state index in [0.29, 0.717) is 24.0 Å². The number of piperidine rings is 1. The van der Waals surface area contributed by atoms with Crippen molar-refractivity contribution in [1.29, 1.82) is 0 Å². The Kier molecular flexibility index (Phi) is 4.32. The molecule has 1 aliphatic rings. The Labute approximate surface area is 118 Å². The third-order valence-corrected chi connectivity index (χ3v) is 3.94. The van der Waals surface area contributed by atoms with E-state index in [4.69, 9.17) is 17.3 Å². The summed E-state index contributed by atoms with van der Waals surface area (Å²) in [5.41, 5.74) is 6.01. The van der Waals surface area contributed by atoms with Crippen molar-refractivity contribution < 1.29 is 9.90 Å². The molecule has 1 aliphatic heterocycles. The minimum atomic E-state index is -0.192. The third kappa shape index (κ3) is 3.01. The van der Waals surface area contributed by atoms with E-state index >= 15 is 0 Å². The van der Waals surface area contributed by atoms with Crippen LogP contribution in [0.4, 0.5) is 0 Å². The van der Waals surface area contributed by atoms with Gasteiger partial charge in [0.15, 0.2) is 0 Å². The molecule has 4 nitrogen and oxygen atoms in total. The smallest absolute Gasteiger partial charge is 0.257 e. The summed E-state index contributed by atoms with van der Waals surface area (Å²) in [4.78, 5) is 14.3. The molecule has 1 saturated heterocycles. The van der Waals surface area contributed by atoms with Crippen LogP contribution in [-0.4, -0.2) is 35.0 Å². The number of phenolic OH excluding ortho intramolecular Hbond substituents is 1. The summed E-state index contributed by atoms with van der Waals surface area (Å²) in [5.74, 6) is 0.344. The lowest BCUT2D eigenvalue weighted by Crippen LogP contribution is -2.49. The summed E-state index contributed by atoms with van der Waals surface area (Å²) in [7, 11) is 0. The average molecular weight is 283 g/mol. The van der Waals surface area contributed by atoms with E-state index in [2.05, 4.69) is 6.92 Å². The van der Waals surface area contributed by atoms with Crippen molar-refractivity contribution in [2.24, 2.45) is 11.7 Å². The van der Waals surface area contributed by atoms with Crippen LogP contribution in [0.2, 0.25) is 5.02 Å². The number of nitrogens with zero attached hydrogens (tertiary/aromatic N) is 1. The highest BCUT2D eigenvalue weighted by Gasteiger charge is 2.30. The van der Waals surface area contributed by atoms with Crippen LogP contribution in [0.25, 0.3) is 0 Å². The molecule has 1 amide bonds. The van der Waals surface area contributed by atoms with Crippen LogP contribution in [-0.2, 0) is 0 Å². The Bertz CT molecular complexity index is 479. The second kappa shape index (κ2) is 5.80. The van der Waals surface area contributed by atoms with Gasteiger partial charge in [-0.2, -0.15) is 0 Å². The second-order valence-corrected chi connectivity index (χ2v) is 5.62. The first-order chi connectivity index (χ1) is 9.02. The largest absolute Gasteiger partial charge is 0.507 e. The molecule has 1 aromatic carbocycles. The maximum Gasteiger partial charge on any atom is 0.257 e. The van der Waals surface area contributed by atoms with E-state index in [9.17, 15) is 9.90 Å². The second-order valence-electron chi connectivity index (χ2n) is 5.18. The predicted octanol–water partition coefficient (Wildman–Crippen LogP) is 2.25. The highest BCUT2D eigenvalue weighted by Crippen LogP contribution is 2.28. The van der Waals surface area contributed by atoms with Gasteiger partial charge in [-0.25, -0.2) is 0 Å². The number of halogens is 1. The van der Waals surface area contributed by atoms with Crippen LogP contribution in [0.3, 0.4) is 0 Å². The number of carbonyl (C=O) groups excluding carboxylic acids is 1. The molecular formula is C14H19ClN2O2. The van der Waals surface area contributed by atoms with Gasteiger partial charge in [0.1, 0.15) is 5.75 Å². The molecule has 19 heavy (non-hydrogen) atoms.